The van der Waals surface area contributed by atoms with Crippen LogP contribution < -0.4 is 10.6 Å². The van der Waals surface area contributed by atoms with Crippen LogP contribution in [0.3, 0.4) is 0 Å². The van der Waals surface area contributed by atoms with E-state index in [4.69, 9.17) is 5.73 Å². The van der Waals surface area contributed by atoms with Crippen LogP contribution in [0.2, 0.25) is 0 Å². The summed E-state index contributed by atoms with van der Waals surface area (Å²) in [5.74, 6) is 0.217. The molecule has 3 N–H and O–H groups in total. The average Bonchev–Trinajstić information content (AvgIpc) is 3.57. The smallest absolute Gasteiger partial charge is 0.244 e. The van der Waals surface area contributed by atoms with Crippen LogP contribution in [0.4, 0.5) is 5.69 Å². The lowest BCUT2D eigenvalue weighted by Gasteiger charge is -2.36. The van der Waals surface area contributed by atoms with E-state index >= 15 is 0 Å². The van der Waals surface area contributed by atoms with Crippen LogP contribution in [-0.4, -0.2) is 86.0 Å². The Morgan fingerprint density at radius 2 is 2.23 bits per heavy atom. The molecule has 1 aromatic carbocycles. The van der Waals surface area contributed by atoms with Crippen molar-refractivity contribution in [3.05, 3.63) is 24.3 Å². The lowest BCUT2D eigenvalue weighted by atomic mass is 10.1. The van der Waals surface area contributed by atoms with Gasteiger partial charge in [-0.3, -0.25) is 14.5 Å². The molecule has 1 unspecified atom stereocenters. The Labute approximate surface area is 178 Å². The summed E-state index contributed by atoms with van der Waals surface area (Å²) >= 11 is 0. The molecule has 3 saturated heterocycles. The van der Waals surface area contributed by atoms with Crippen LogP contribution in [0, 0.1) is 11.3 Å². The zero-order valence-electron chi connectivity index (χ0n) is 16.9. The van der Waals surface area contributed by atoms with Crippen LogP contribution >= 0.6 is 0 Å². The largest absolute Gasteiger partial charge is 0.325 e. The molecule has 2 bridgehead atoms. The summed E-state index contributed by atoms with van der Waals surface area (Å²) in [6.07, 6.45) is 2.19. The van der Waals surface area contributed by atoms with E-state index in [0.29, 0.717) is 38.3 Å². The Hall–Kier alpha value is -3.36. The second kappa shape index (κ2) is 7.72. The van der Waals surface area contributed by atoms with Crippen molar-refractivity contribution < 1.29 is 9.59 Å². The summed E-state index contributed by atoms with van der Waals surface area (Å²) < 4.78 is 0. The molecule has 0 aliphatic carbocycles. The van der Waals surface area contributed by atoms with Gasteiger partial charge in [0.25, 0.3) is 0 Å². The van der Waals surface area contributed by atoms with Crippen LogP contribution in [0.25, 0.3) is 11.4 Å². The summed E-state index contributed by atoms with van der Waals surface area (Å²) in [7, 11) is 0. The fourth-order valence-electron chi connectivity index (χ4n) is 5.04. The van der Waals surface area contributed by atoms with Crippen LogP contribution in [0.15, 0.2) is 24.3 Å². The predicted molar refractivity (Wildman–Crippen MR) is 109 cm³/mol. The minimum atomic E-state index is -0.749. The van der Waals surface area contributed by atoms with Gasteiger partial charge in [-0.15, -0.1) is 10.2 Å². The Balaban J connectivity index is 1.30. The summed E-state index contributed by atoms with van der Waals surface area (Å²) in [5.41, 5.74) is 7.71. The number of nitrogens with one attached hydrogen (secondary N) is 1. The first-order valence-corrected chi connectivity index (χ1v) is 10.4. The maximum atomic E-state index is 13.2. The van der Waals surface area contributed by atoms with Gasteiger partial charge in [-0.05, 0) is 36.6 Å². The molecule has 11 heteroatoms. The Kier molecular flexibility index (Phi) is 4.88. The van der Waals surface area contributed by atoms with E-state index in [1.54, 1.807) is 4.90 Å². The molecule has 3 fully saturated rings. The number of carbonyl (C=O) groups excluding carboxylic acids is 2. The Bertz CT molecular complexity index is 1030. The fraction of sp³-hybridized carbons (Fsp3) is 0.500. The molecule has 31 heavy (non-hydrogen) atoms. The summed E-state index contributed by atoms with van der Waals surface area (Å²) in [6, 6.07) is 8.22. The van der Waals surface area contributed by atoms with Gasteiger partial charge in [0.05, 0.1) is 29.9 Å². The first-order chi connectivity index (χ1) is 15.1. The lowest BCUT2D eigenvalue weighted by Crippen LogP contribution is -2.56. The van der Waals surface area contributed by atoms with Crippen molar-refractivity contribution >= 4 is 17.5 Å². The Morgan fingerprint density at radius 1 is 1.39 bits per heavy atom. The van der Waals surface area contributed by atoms with Crippen LogP contribution in [-0.2, 0) is 9.59 Å². The third-order valence-electron chi connectivity index (χ3n) is 6.45. The highest BCUT2D eigenvalue weighted by Crippen LogP contribution is 2.39. The van der Waals surface area contributed by atoms with E-state index in [1.165, 1.54) is 0 Å². The highest BCUT2D eigenvalue weighted by Gasteiger charge is 2.51. The van der Waals surface area contributed by atoms with Crippen molar-refractivity contribution in [2.45, 2.75) is 43.4 Å². The molecular weight excluding hydrogens is 398 g/mol. The number of benzene rings is 1. The van der Waals surface area contributed by atoms with E-state index in [9.17, 15) is 14.9 Å². The minimum Gasteiger partial charge on any atom is -0.325 e. The van der Waals surface area contributed by atoms with Crippen molar-refractivity contribution in [3.8, 4) is 17.5 Å². The van der Waals surface area contributed by atoms with Gasteiger partial charge in [-0.1, -0.05) is 12.1 Å². The Morgan fingerprint density at radius 3 is 2.97 bits per heavy atom. The number of likely N-dealkylation sites (tertiary alicyclic amines) is 2. The number of piperazine rings is 1. The van der Waals surface area contributed by atoms with E-state index < -0.39 is 12.1 Å². The first-order valence-electron chi connectivity index (χ1n) is 10.4. The van der Waals surface area contributed by atoms with Gasteiger partial charge in [0, 0.05) is 25.2 Å². The topological polar surface area (TPSA) is 148 Å². The van der Waals surface area contributed by atoms with Gasteiger partial charge in [0.1, 0.15) is 6.04 Å². The monoisotopic (exact) mass is 421 g/mol. The minimum absolute atomic E-state index is 0.00787. The van der Waals surface area contributed by atoms with Gasteiger partial charge < -0.3 is 15.5 Å². The number of nitrogens with two attached hydrogens (primary N) is 1. The van der Waals surface area contributed by atoms with Crippen LogP contribution in [0.1, 0.15) is 19.3 Å². The van der Waals surface area contributed by atoms with Crippen molar-refractivity contribution in [1.82, 2.24) is 30.4 Å². The molecule has 5 rings (SSSR count). The van der Waals surface area contributed by atoms with Gasteiger partial charge in [-0.2, -0.15) is 10.5 Å². The number of hydrogen-bond acceptors (Lipinski definition) is 8. The number of para-hydroxylation sites is 1. The quantitative estimate of drug-likeness (QED) is 0.656. The van der Waals surface area contributed by atoms with Gasteiger partial charge >= 0.3 is 0 Å². The van der Waals surface area contributed by atoms with Crippen molar-refractivity contribution in [1.29, 1.82) is 5.26 Å². The number of anilines is 1. The molecule has 11 nitrogen and oxygen atoms in total. The highest BCUT2D eigenvalue weighted by molar-refractivity contribution is 6.04. The van der Waals surface area contributed by atoms with Crippen molar-refractivity contribution in [3.63, 3.8) is 0 Å². The van der Waals surface area contributed by atoms with E-state index in [0.717, 1.165) is 17.7 Å². The molecule has 2 amide bonds. The molecule has 0 spiro atoms. The first kappa shape index (κ1) is 19.6. The summed E-state index contributed by atoms with van der Waals surface area (Å²) in [6.45, 7) is 1.51. The molecule has 0 saturated carbocycles. The number of H-pyrrole nitrogens is 1. The zero-order chi connectivity index (χ0) is 21.5. The van der Waals surface area contributed by atoms with E-state index in [-0.39, 0.29) is 23.9 Å². The molecule has 4 heterocycles. The zero-order valence-corrected chi connectivity index (χ0v) is 16.9. The summed E-state index contributed by atoms with van der Waals surface area (Å²) in [5, 5.41) is 23.4. The number of nitriles is 1. The number of carbonyl (C=O) groups is 2. The van der Waals surface area contributed by atoms with Gasteiger partial charge in [0.2, 0.25) is 17.6 Å². The number of tetrazole rings is 1. The number of rotatable bonds is 5. The molecule has 1 aromatic heterocycles. The number of amides is 2. The second-order valence-corrected chi connectivity index (χ2v) is 8.25. The van der Waals surface area contributed by atoms with Crippen LogP contribution in [0.5, 0.6) is 0 Å². The second-order valence-electron chi connectivity index (χ2n) is 8.25. The third-order valence-corrected chi connectivity index (χ3v) is 6.45. The number of aromatic nitrogens is 4. The number of hydrogen-bond donors (Lipinski definition) is 2. The lowest BCUT2D eigenvalue weighted by molar-refractivity contribution is -0.134. The van der Waals surface area contributed by atoms with E-state index in [2.05, 4.69) is 26.7 Å². The molecule has 4 atom stereocenters. The molecule has 3 aliphatic heterocycles. The van der Waals surface area contributed by atoms with E-state index in [1.807, 2.05) is 34.1 Å². The number of aromatic amines is 1. The fourth-order valence-corrected chi connectivity index (χ4v) is 5.04. The molecule has 160 valence electrons. The summed E-state index contributed by atoms with van der Waals surface area (Å²) in [4.78, 5) is 31.4. The average molecular weight is 421 g/mol. The molecular formula is C20H23N9O2. The van der Waals surface area contributed by atoms with Gasteiger partial charge in [-0.25, -0.2) is 0 Å². The number of nitrogens with zero attached hydrogens (tertiary/aromatic N) is 7. The SMILES string of the molecule is N#C[C@@H]1CCCN1C(=O)[C@@H](N)CN1CC2C[C@H]1C(=O)N2c1ccccc1-c1nn[nH]n1. The normalized spacial score (nSPS) is 26.5. The third kappa shape index (κ3) is 3.24. The standard InChI is InChI=1S/C20H23N9O2/c21-9-12-4-3-7-28(12)19(30)15(22)11-27-10-13-8-17(27)20(31)29(13)16-6-2-1-5-14(16)18-23-25-26-24-18/h1-2,5-6,12-13,15,17H,3-4,7-8,10-11,22H2,(H,23,24,25,26)/t12-,13?,15-,17-/m0/s1. The maximum Gasteiger partial charge on any atom is 0.244 e. The predicted octanol–water partition coefficient (Wildman–Crippen LogP) is -0.502. The van der Waals surface area contributed by atoms with Crippen molar-refractivity contribution in [2.75, 3.05) is 24.5 Å². The molecule has 3 aliphatic rings. The van der Waals surface area contributed by atoms with Gasteiger partial charge in [0.15, 0.2) is 0 Å². The number of fused-ring (bicyclic) bond motifs is 2. The maximum absolute atomic E-state index is 13.2. The molecule has 2 aromatic rings. The highest BCUT2D eigenvalue weighted by atomic mass is 16.2. The molecule has 0 radical (unpaired) electrons. The van der Waals surface area contributed by atoms with Crippen molar-refractivity contribution in [2.24, 2.45) is 5.73 Å².